The van der Waals surface area contributed by atoms with Crippen LogP contribution in [-0.4, -0.2) is 33.9 Å². The van der Waals surface area contributed by atoms with Gasteiger partial charge in [-0.3, -0.25) is 0 Å². The maximum absolute atomic E-state index is 13.0. The van der Waals surface area contributed by atoms with Crippen molar-refractivity contribution in [1.82, 2.24) is 14.8 Å². The largest absolute Gasteiger partial charge is 0.490 e. The van der Waals surface area contributed by atoms with Crippen LogP contribution in [0.2, 0.25) is 5.02 Å². The van der Waals surface area contributed by atoms with E-state index in [-0.39, 0.29) is 6.61 Å². The van der Waals surface area contributed by atoms with Crippen LogP contribution in [0.5, 0.6) is 11.5 Å². The van der Waals surface area contributed by atoms with Gasteiger partial charge in [-0.05, 0) is 65.2 Å². The summed E-state index contributed by atoms with van der Waals surface area (Å²) in [5, 5.41) is 8.14. The molecule has 0 aliphatic carbocycles. The number of nitrogens with zero attached hydrogens (tertiary/aromatic N) is 3. The number of benzene rings is 2. The maximum atomic E-state index is 13.0. The van der Waals surface area contributed by atoms with Crippen LogP contribution in [-0.2, 0) is 16.1 Å². The average molecular weight is 560 g/mol. The second kappa shape index (κ2) is 11.0. The lowest BCUT2D eigenvalue weighted by Gasteiger charge is -2.29. The van der Waals surface area contributed by atoms with Crippen molar-refractivity contribution in [2.75, 3.05) is 18.5 Å². The highest BCUT2D eigenvalue weighted by Crippen LogP contribution is 2.43. The van der Waals surface area contributed by atoms with Crippen molar-refractivity contribution in [2.45, 2.75) is 26.5 Å². The Hall–Kier alpha value is -3.30. The molecule has 182 valence electrons. The summed E-state index contributed by atoms with van der Waals surface area (Å²) >= 11 is 9.62. The summed E-state index contributed by atoms with van der Waals surface area (Å²) in [5.74, 6) is 1.13. The molecule has 0 saturated carbocycles. The molecule has 2 heterocycles. The van der Waals surface area contributed by atoms with Gasteiger partial charge < -0.3 is 19.5 Å². The molecule has 4 rings (SSSR count). The molecule has 10 heteroatoms. The molecule has 1 aromatic heterocycles. The van der Waals surface area contributed by atoms with Gasteiger partial charge in [-0.25, -0.2) is 9.48 Å². The van der Waals surface area contributed by atoms with Crippen LogP contribution < -0.4 is 14.8 Å². The van der Waals surface area contributed by atoms with Gasteiger partial charge in [-0.2, -0.15) is 10.1 Å². The monoisotopic (exact) mass is 558 g/mol. The zero-order valence-corrected chi connectivity index (χ0v) is 21.6. The van der Waals surface area contributed by atoms with E-state index in [0.29, 0.717) is 51.4 Å². The molecule has 35 heavy (non-hydrogen) atoms. The summed E-state index contributed by atoms with van der Waals surface area (Å²) in [7, 11) is 0. The Morgan fingerprint density at radius 3 is 2.77 bits per heavy atom. The van der Waals surface area contributed by atoms with Crippen molar-refractivity contribution in [3.8, 4) is 11.5 Å². The summed E-state index contributed by atoms with van der Waals surface area (Å²) in [6.07, 6.45) is 2.96. The number of esters is 1. The number of allylic oxidation sites excluding steroid dienone is 1. The lowest BCUT2D eigenvalue weighted by Crippen LogP contribution is -2.29. The minimum absolute atomic E-state index is 0.0952. The number of nitrogens with one attached hydrogen (secondary N) is 1. The lowest BCUT2D eigenvalue weighted by molar-refractivity contribution is -0.138. The fourth-order valence-corrected chi connectivity index (χ4v) is 4.46. The zero-order chi connectivity index (χ0) is 24.9. The highest BCUT2D eigenvalue weighted by molar-refractivity contribution is 9.10. The van der Waals surface area contributed by atoms with E-state index in [1.54, 1.807) is 11.6 Å². The van der Waals surface area contributed by atoms with Crippen LogP contribution in [0.3, 0.4) is 0 Å². The van der Waals surface area contributed by atoms with E-state index in [9.17, 15) is 4.79 Å². The second-order valence-corrected chi connectivity index (χ2v) is 8.95. The summed E-state index contributed by atoms with van der Waals surface area (Å²) in [4.78, 5) is 17.3. The Bertz CT molecular complexity index is 1270. The highest BCUT2D eigenvalue weighted by Gasteiger charge is 2.35. The van der Waals surface area contributed by atoms with Gasteiger partial charge in [0.2, 0.25) is 5.95 Å². The molecule has 3 aromatic rings. The van der Waals surface area contributed by atoms with Crippen molar-refractivity contribution in [2.24, 2.45) is 0 Å². The van der Waals surface area contributed by atoms with Crippen molar-refractivity contribution in [3.05, 3.63) is 87.3 Å². The second-order valence-electron chi connectivity index (χ2n) is 7.66. The van der Waals surface area contributed by atoms with Crippen LogP contribution in [0, 0.1) is 0 Å². The van der Waals surface area contributed by atoms with E-state index in [4.69, 9.17) is 25.8 Å². The van der Waals surface area contributed by atoms with Crippen LogP contribution in [0.25, 0.3) is 0 Å². The van der Waals surface area contributed by atoms with Crippen molar-refractivity contribution >= 4 is 39.4 Å². The molecule has 2 aromatic carbocycles. The molecule has 0 spiro atoms. The molecule has 0 radical (unpaired) electrons. The third-order valence-electron chi connectivity index (χ3n) is 5.29. The minimum Gasteiger partial charge on any atom is -0.490 e. The molecule has 0 saturated heterocycles. The number of fused-ring (bicyclic) bond motifs is 1. The van der Waals surface area contributed by atoms with Gasteiger partial charge in [0.1, 0.15) is 25.6 Å². The van der Waals surface area contributed by atoms with Crippen LogP contribution in [0.15, 0.2) is 71.1 Å². The normalized spacial score (nSPS) is 14.7. The van der Waals surface area contributed by atoms with Gasteiger partial charge in [0.15, 0.2) is 11.5 Å². The number of carbonyl (C=O) groups excluding carboxylic acids is 1. The maximum Gasteiger partial charge on any atom is 0.338 e. The number of anilines is 1. The van der Waals surface area contributed by atoms with Gasteiger partial charge in [-0.1, -0.05) is 36.4 Å². The Kier molecular flexibility index (Phi) is 7.77. The minimum atomic E-state index is -0.591. The molecule has 8 nitrogen and oxygen atoms in total. The molecule has 0 bridgehead atoms. The molecule has 1 unspecified atom stereocenters. The Morgan fingerprint density at radius 1 is 1.29 bits per heavy atom. The molecule has 1 N–H and O–H groups in total. The van der Waals surface area contributed by atoms with Crippen LogP contribution in [0.1, 0.15) is 31.0 Å². The van der Waals surface area contributed by atoms with E-state index in [1.807, 2.05) is 43.3 Å². The number of ether oxygens (including phenoxy) is 3. The van der Waals surface area contributed by atoms with Crippen molar-refractivity contribution in [3.63, 3.8) is 0 Å². The standard InChI is InChI=1S/C25H24BrClN4O4/c1-4-10-34-24(32)21-15(3)30-25-28-14-29-31(25)22(21)17-11-19(26)23(20(12-17)33-5-2)35-13-16-6-8-18(27)9-7-16/h4,6-9,11-12,14,22H,1,5,10,13H2,2-3H3,(H,28,29,30). The van der Waals surface area contributed by atoms with E-state index in [1.165, 1.54) is 12.4 Å². The zero-order valence-electron chi connectivity index (χ0n) is 19.3. The molecular formula is C25H24BrClN4O4. The quantitative estimate of drug-likeness (QED) is 0.266. The Balaban J connectivity index is 1.74. The number of rotatable bonds is 9. The topological polar surface area (TPSA) is 87.5 Å². The van der Waals surface area contributed by atoms with E-state index in [0.717, 1.165) is 11.1 Å². The first-order valence-electron chi connectivity index (χ1n) is 10.9. The first-order chi connectivity index (χ1) is 16.9. The highest BCUT2D eigenvalue weighted by atomic mass is 79.9. The summed E-state index contributed by atoms with van der Waals surface area (Å²) < 4.78 is 19.7. The summed E-state index contributed by atoms with van der Waals surface area (Å²) in [6.45, 7) is 8.17. The average Bonchev–Trinajstić information content (AvgIpc) is 3.30. The number of aromatic nitrogens is 3. The smallest absolute Gasteiger partial charge is 0.338 e. The fourth-order valence-electron chi connectivity index (χ4n) is 3.76. The predicted octanol–water partition coefficient (Wildman–Crippen LogP) is 5.69. The molecule has 1 atom stereocenters. The first kappa shape index (κ1) is 24.8. The molecular weight excluding hydrogens is 536 g/mol. The van der Waals surface area contributed by atoms with E-state index >= 15 is 0 Å². The first-order valence-corrected chi connectivity index (χ1v) is 12.1. The Labute approximate surface area is 216 Å². The number of halogens is 2. The number of hydrogen-bond acceptors (Lipinski definition) is 7. The number of carbonyl (C=O) groups is 1. The van der Waals surface area contributed by atoms with Gasteiger partial charge in [-0.15, -0.1) is 0 Å². The van der Waals surface area contributed by atoms with Gasteiger partial charge in [0.25, 0.3) is 0 Å². The summed E-state index contributed by atoms with van der Waals surface area (Å²) in [6, 6.07) is 10.6. The molecule has 0 amide bonds. The SMILES string of the molecule is C=CCOC(=O)C1=C(C)Nc2ncnn2C1c1cc(Br)c(OCc2ccc(Cl)cc2)c(OCC)c1. The van der Waals surface area contributed by atoms with Gasteiger partial charge in [0, 0.05) is 10.7 Å². The Morgan fingerprint density at radius 2 is 2.06 bits per heavy atom. The van der Waals surface area contributed by atoms with E-state index in [2.05, 4.69) is 37.9 Å². The molecule has 1 aliphatic heterocycles. The van der Waals surface area contributed by atoms with Crippen LogP contribution >= 0.6 is 27.5 Å². The lowest BCUT2D eigenvalue weighted by atomic mass is 9.95. The van der Waals surface area contributed by atoms with Crippen molar-refractivity contribution < 1.29 is 19.0 Å². The van der Waals surface area contributed by atoms with Gasteiger partial charge in [0.05, 0.1) is 16.7 Å². The third-order valence-corrected chi connectivity index (χ3v) is 6.13. The fraction of sp³-hybridized carbons (Fsp3) is 0.240. The number of hydrogen-bond donors (Lipinski definition) is 1. The molecule has 0 fully saturated rings. The third kappa shape index (κ3) is 5.36. The molecule has 1 aliphatic rings. The van der Waals surface area contributed by atoms with Gasteiger partial charge >= 0.3 is 5.97 Å². The van der Waals surface area contributed by atoms with E-state index < -0.39 is 12.0 Å². The predicted molar refractivity (Wildman–Crippen MR) is 137 cm³/mol. The summed E-state index contributed by atoms with van der Waals surface area (Å²) in [5.41, 5.74) is 2.75. The van der Waals surface area contributed by atoms with Crippen LogP contribution in [0.4, 0.5) is 5.95 Å². The van der Waals surface area contributed by atoms with Crippen molar-refractivity contribution in [1.29, 1.82) is 0 Å².